The monoisotopic (exact) mass is 290 g/mol. The van der Waals surface area contributed by atoms with Gasteiger partial charge in [-0.3, -0.25) is 10.1 Å². The van der Waals surface area contributed by atoms with Crippen molar-refractivity contribution in [3.05, 3.63) is 46.5 Å². The van der Waals surface area contributed by atoms with Crippen LogP contribution in [-0.2, 0) is 6.42 Å². The van der Waals surface area contributed by atoms with Crippen LogP contribution in [-0.4, -0.2) is 17.4 Å². The molecule has 0 fully saturated rings. The lowest BCUT2D eigenvalue weighted by Gasteiger charge is -2.08. The van der Waals surface area contributed by atoms with Gasteiger partial charge in [-0.1, -0.05) is 29.5 Å². The van der Waals surface area contributed by atoms with Gasteiger partial charge in [0.25, 0.3) is 5.91 Å². The lowest BCUT2D eigenvalue weighted by molar-refractivity contribution is 0.102. The first-order chi connectivity index (χ1) is 9.74. The predicted octanol–water partition coefficient (Wildman–Crippen LogP) is 2.68. The summed E-state index contributed by atoms with van der Waals surface area (Å²) in [7, 11) is 0. The molecule has 0 radical (unpaired) electrons. The number of amides is 1. The summed E-state index contributed by atoms with van der Waals surface area (Å²) in [6, 6.07) is 7.36. The Bertz CT molecular complexity index is 612. The second kappa shape index (κ2) is 6.88. The van der Waals surface area contributed by atoms with E-state index in [2.05, 4.69) is 15.5 Å². The van der Waals surface area contributed by atoms with Gasteiger partial charge in [-0.2, -0.15) is 0 Å². The second-order valence-electron chi connectivity index (χ2n) is 4.10. The van der Waals surface area contributed by atoms with Crippen LogP contribution in [0, 0.1) is 4.91 Å². The van der Waals surface area contributed by atoms with Crippen molar-refractivity contribution in [3.8, 4) is 0 Å². The number of nitrogens with two attached hydrogens (primary N) is 1. The number of thiazole rings is 1. The maximum Gasteiger partial charge on any atom is 0.257 e. The smallest absolute Gasteiger partial charge is 0.257 e. The fraction of sp³-hybridized carbons (Fsp3) is 0.231. The minimum atomic E-state index is -0.246. The Morgan fingerprint density at radius 1 is 1.40 bits per heavy atom. The van der Waals surface area contributed by atoms with Gasteiger partial charge < -0.3 is 5.73 Å². The van der Waals surface area contributed by atoms with Gasteiger partial charge in [-0.25, -0.2) is 4.98 Å². The molecule has 104 valence electrons. The zero-order valence-corrected chi connectivity index (χ0v) is 11.5. The quantitative estimate of drug-likeness (QED) is 0.799. The van der Waals surface area contributed by atoms with Crippen molar-refractivity contribution in [1.82, 2.24) is 4.98 Å². The lowest BCUT2D eigenvalue weighted by atomic mass is 10.0. The van der Waals surface area contributed by atoms with Crippen molar-refractivity contribution in [3.63, 3.8) is 0 Å². The first-order valence-electron chi connectivity index (χ1n) is 6.13. The highest BCUT2D eigenvalue weighted by molar-refractivity contribution is 7.19. The van der Waals surface area contributed by atoms with Crippen molar-refractivity contribution in [2.75, 3.05) is 11.9 Å². The molecular formula is C13H14N4O2S. The Morgan fingerprint density at radius 3 is 2.90 bits per heavy atom. The van der Waals surface area contributed by atoms with Crippen molar-refractivity contribution in [2.24, 2.45) is 10.9 Å². The number of rotatable bonds is 6. The van der Waals surface area contributed by atoms with Crippen LogP contribution in [0.1, 0.15) is 22.3 Å². The molecule has 0 bridgehead atoms. The van der Waals surface area contributed by atoms with Gasteiger partial charge in [0.15, 0.2) is 10.1 Å². The number of aryl methyl sites for hydroxylation is 1. The number of carbonyl (C=O) groups is 1. The number of nitroso groups, excluding NO2 is 1. The second-order valence-corrected chi connectivity index (χ2v) is 5.11. The van der Waals surface area contributed by atoms with E-state index < -0.39 is 0 Å². The van der Waals surface area contributed by atoms with E-state index in [9.17, 15) is 9.70 Å². The maximum absolute atomic E-state index is 12.2. The maximum atomic E-state index is 12.2. The fourth-order valence-electron chi connectivity index (χ4n) is 1.78. The number of nitrogens with zero attached hydrogens (tertiary/aromatic N) is 2. The number of hydrogen-bond donors (Lipinski definition) is 2. The number of hydrogen-bond acceptors (Lipinski definition) is 6. The Kier molecular flexibility index (Phi) is 4.91. The van der Waals surface area contributed by atoms with E-state index >= 15 is 0 Å². The molecule has 20 heavy (non-hydrogen) atoms. The van der Waals surface area contributed by atoms with Crippen LogP contribution in [0.15, 0.2) is 35.6 Å². The Labute approximate surface area is 120 Å². The van der Waals surface area contributed by atoms with Crippen LogP contribution in [0.2, 0.25) is 0 Å². The molecule has 0 aliphatic heterocycles. The van der Waals surface area contributed by atoms with E-state index in [0.717, 1.165) is 29.7 Å². The van der Waals surface area contributed by atoms with Crippen LogP contribution in [0.25, 0.3) is 0 Å². The average Bonchev–Trinajstić information content (AvgIpc) is 2.93. The summed E-state index contributed by atoms with van der Waals surface area (Å²) < 4.78 is 0. The third-order valence-corrected chi connectivity index (χ3v) is 3.51. The molecule has 1 amide bonds. The molecule has 0 spiro atoms. The highest BCUT2D eigenvalue weighted by atomic mass is 32.1. The standard InChI is InChI=1S/C13H14N4O2S/c14-7-3-5-9-4-1-2-6-10(9)12(18)16-13-15-8-11(17-19)20-13/h1-2,4,6,8H,3,5,7,14H2,(H,15,16,18). The van der Waals surface area contributed by atoms with Gasteiger partial charge >= 0.3 is 0 Å². The molecule has 2 rings (SSSR count). The normalized spacial score (nSPS) is 10.2. The van der Waals surface area contributed by atoms with E-state index in [0.29, 0.717) is 17.2 Å². The molecule has 1 aromatic heterocycles. The minimum absolute atomic E-state index is 0.233. The average molecular weight is 290 g/mol. The number of anilines is 1. The topological polar surface area (TPSA) is 97.4 Å². The zero-order chi connectivity index (χ0) is 14.4. The van der Waals surface area contributed by atoms with Crippen molar-refractivity contribution in [1.29, 1.82) is 0 Å². The minimum Gasteiger partial charge on any atom is -0.330 e. The van der Waals surface area contributed by atoms with Crippen molar-refractivity contribution >= 4 is 27.4 Å². The van der Waals surface area contributed by atoms with E-state index in [1.165, 1.54) is 6.20 Å². The van der Waals surface area contributed by atoms with Gasteiger partial charge in [0.1, 0.15) is 0 Å². The number of nitrogens with one attached hydrogen (secondary N) is 1. The number of aromatic nitrogens is 1. The van der Waals surface area contributed by atoms with Crippen molar-refractivity contribution in [2.45, 2.75) is 12.8 Å². The van der Waals surface area contributed by atoms with Crippen LogP contribution in [0.3, 0.4) is 0 Å². The van der Waals surface area contributed by atoms with E-state index in [-0.39, 0.29) is 10.9 Å². The number of benzene rings is 1. The molecular weight excluding hydrogens is 276 g/mol. The summed E-state index contributed by atoms with van der Waals surface area (Å²) in [5.74, 6) is -0.246. The van der Waals surface area contributed by atoms with Crippen molar-refractivity contribution < 1.29 is 4.79 Å². The molecule has 6 nitrogen and oxygen atoms in total. The van der Waals surface area contributed by atoms with Gasteiger partial charge in [0.2, 0.25) is 0 Å². The Balaban J connectivity index is 2.14. The molecule has 1 heterocycles. The highest BCUT2D eigenvalue weighted by Crippen LogP contribution is 2.26. The summed E-state index contributed by atoms with van der Waals surface area (Å²) in [6.45, 7) is 0.580. The molecule has 2 aromatic rings. The fourth-order valence-corrected chi connectivity index (χ4v) is 2.37. The molecule has 1 aromatic carbocycles. The van der Waals surface area contributed by atoms with Gasteiger partial charge in [0, 0.05) is 5.56 Å². The molecule has 3 N–H and O–H groups in total. The first-order valence-corrected chi connectivity index (χ1v) is 6.94. The molecule has 0 atom stereocenters. The highest BCUT2D eigenvalue weighted by Gasteiger charge is 2.12. The zero-order valence-electron chi connectivity index (χ0n) is 10.7. The lowest BCUT2D eigenvalue weighted by Crippen LogP contribution is -2.14. The predicted molar refractivity (Wildman–Crippen MR) is 79.3 cm³/mol. The summed E-state index contributed by atoms with van der Waals surface area (Å²) in [5.41, 5.74) is 7.03. The van der Waals surface area contributed by atoms with Gasteiger partial charge in [-0.05, 0) is 36.2 Å². The van der Waals surface area contributed by atoms with E-state index in [1.807, 2.05) is 12.1 Å². The Morgan fingerprint density at radius 2 is 2.20 bits per heavy atom. The van der Waals surface area contributed by atoms with Gasteiger partial charge in [0.05, 0.1) is 6.20 Å². The van der Waals surface area contributed by atoms with Crippen LogP contribution in [0.5, 0.6) is 0 Å². The largest absolute Gasteiger partial charge is 0.330 e. The Hall–Kier alpha value is -2.12. The van der Waals surface area contributed by atoms with Crippen LogP contribution >= 0.6 is 11.3 Å². The molecule has 0 saturated carbocycles. The molecule has 0 aliphatic carbocycles. The summed E-state index contributed by atoms with van der Waals surface area (Å²) in [4.78, 5) is 26.5. The third-order valence-electron chi connectivity index (χ3n) is 2.72. The molecule has 0 unspecified atom stereocenters. The van der Waals surface area contributed by atoms with Crippen LogP contribution < -0.4 is 11.1 Å². The first kappa shape index (κ1) is 14.3. The summed E-state index contributed by atoms with van der Waals surface area (Å²) >= 11 is 1.04. The van der Waals surface area contributed by atoms with Crippen LogP contribution in [0.4, 0.5) is 10.1 Å². The number of carbonyl (C=O) groups excluding carboxylic acids is 1. The van der Waals surface area contributed by atoms with Gasteiger partial charge in [-0.15, -0.1) is 4.91 Å². The molecule has 0 saturated heterocycles. The molecule has 0 aliphatic rings. The summed E-state index contributed by atoms with van der Waals surface area (Å²) in [5, 5.41) is 6.03. The third kappa shape index (κ3) is 3.46. The van der Waals surface area contributed by atoms with E-state index in [4.69, 9.17) is 5.73 Å². The molecule has 7 heteroatoms. The SMILES string of the molecule is NCCCc1ccccc1C(=O)Nc1ncc(N=O)s1. The summed E-state index contributed by atoms with van der Waals surface area (Å²) in [6.07, 6.45) is 2.90. The van der Waals surface area contributed by atoms with E-state index in [1.54, 1.807) is 12.1 Å².